The monoisotopic (exact) mass is 333 g/mol. The number of rotatable bonds is 4. The molecule has 3 heterocycles. The molecule has 0 aliphatic carbocycles. The van der Waals surface area contributed by atoms with Crippen LogP contribution in [0.15, 0.2) is 29.2 Å². The maximum absolute atomic E-state index is 12.7. The lowest BCUT2D eigenvalue weighted by Gasteiger charge is -2.39. The van der Waals surface area contributed by atoms with Crippen LogP contribution in [0.2, 0.25) is 0 Å². The zero-order chi connectivity index (χ0) is 17.2. The first-order valence-corrected chi connectivity index (χ1v) is 8.39. The van der Waals surface area contributed by atoms with Gasteiger partial charge in [-0.2, -0.15) is 0 Å². The number of aromatic nitrogens is 1. The summed E-state index contributed by atoms with van der Waals surface area (Å²) in [6.07, 6.45) is 3.93. The zero-order valence-corrected chi connectivity index (χ0v) is 13.7. The van der Waals surface area contributed by atoms with Crippen molar-refractivity contribution in [2.24, 2.45) is 5.41 Å². The molecule has 1 aromatic heterocycles. The summed E-state index contributed by atoms with van der Waals surface area (Å²) in [7, 11) is 0. The van der Waals surface area contributed by atoms with Crippen LogP contribution in [0.25, 0.3) is 0 Å². The number of likely N-dealkylation sites (tertiary alicyclic amines) is 2. The van der Waals surface area contributed by atoms with Crippen LogP contribution in [0.3, 0.4) is 0 Å². The Morgan fingerprint density at radius 3 is 2.79 bits per heavy atom. The zero-order valence-electron chi connectivity index (χ0n) is 13.7. The molecule has 2 aliphatic rings. The maximum Gasteiger partial charge on any atom is 0.250 e. The fourth-order valence-corrected chi connectivity index (χ4v) is 3.79. The minimum Gasteiger partial charge on any atom is -0.395 e. The molecule has 0 radical (unpaired) electrons. The third-order valence-corrected chi connectivity index (χ3v) is 5.11. The Kier molecular flexibility index (Phi) is 4.71. The molecule has 2 fully saturated rings. The van der Waals surface area contributed by atoms with E-state index in [2.05, 4.69) is 0 Å². The normalized spacial score (nSPS) is 24.0. The lowest BCUT2D eigenvalue weighted by Crippen LogP contribution is -2.51. The van der Waals surface area contributed by atoms with Gasteiger partial charge in [-0.1, -0.05) is 6.07 Å². The quantitative estimate of drug-likeness (QED) is 0.819. The summed E-state index contributed by atoms with van der Waals surface area (Å²) in [6, 6.07) is 4.79. The van der Waals surface area contributed by atoms with Crippen LogP contribution >= 0.6 is 0 Å². The van der Waals surface area contributed by atoms with E-state index in [-0.39, 0.29) is 30.5 Å². The van der Waals surface area contributed by atoms with Gasteiger partial charge in [-0.15, -0.1) is 0 Å². The Bertz CT molecular complexity index is 684. The topological polar surface area (TPSA) is 82.8 Å². The second kappa shape index (κ2) is 6.76. The van der Waals surface area contributed by atoms with E-state index in [0.717, 1.165) is 12.8 Å². The molecule has 2 amide bonds. The second-order valence-corrected chi connectivity index (χ2v) is 6.63. The van der Waals surface area contributed by atoms with E-state index >= 15 is 0 Å². The Balaban J connectivity index is 1.68. The lowest BCUT2D eigenvalue weighted by atomic mass is 9.78. The van der Waals surface area contributed by atoms with Crippen LogP contribution in [0.1, 0.15) is 19.3 Å². The van der Waals surface area contributed by atoms with Gasteiger partial charge in [-0.05, 0) is 25.3 Å². The molecule has 3 rings (SSSR count). The van der Waals surface area contributed by atoms with E-state index in [9.17, 15) is 14.4 Å². The number of hydrogen-bond acceptors (Lipinski definition) is 4. The second-order valence-electron chi connectivity index (χ2n) is 6.63. The van der Waals surface area contributed by atoms with Gasteiger partial charge in [0.05, 0.1) is 12.0 Å². The van der Waals surface area contributed by atoms with Crippen molar-refractivity contribution in [3.05, 3.63) is 34.7 Å². The van der Waals surface area contributed by atoms with E-state index in [1.54, 1.807) is 28.1 Å². The summed E-state index contributed by atoms with van der Waals surface area (Å²) in [4.78, 5) is 40.4. The van der Waals surface area contributed by atoms with Crippen molar-refractivity contribution in [1.29, 1.82) is 0 Å². The fraction of sp³-hybridized carbons (Fsp3) is 0.588. The van der Waals surface area contributed by atoms with Crippen molar-refractivity contribution in [3.63, 3.8) is 0 Å². The fourth-order valence-electron chi connectivity index (χ4n) is 3.79. The van der Waals surface area contributed by atoms with E-state index in [1.807, 2.05) is 0 Å². The van der Waals surface area contributed by atoms with Crippen molar-refractivity contribution in [1.82, 2.24) is 14.4 Å². The minimum absolute atomic E-state index is 0.00426. The van der Waals surface area contributed by atoms with Crippen LogP contribution in [0.4, 0.5) is 0 Å². The van der Waals surface area contributed by atoms with Crippen LogP contribution in [-0.4, -0.2) is 64.1 Å². The highest BCUT2D eigenvalue weighted by atomic mass is 16.3. The molecule has 1 N–H and O–H groups in total. The number of aliphatic hydroxyl groups is 1. The van der Waals surface area contributed by atoms with E-state index < -0.39 is 5.41 Å². The van der Waals surface area contributed by atoms with Gasteiger partial charge < -0.3 is 19.5 Å². The Morgan fingerprint density at radius 1 is 1.21 bits per heavy atom. The molecule has 130 valence electrons. The first-order valence-electron chi connectivity index (χ1n) is 8.39. The summed E-state index contributed by atoms with van der Waals surface area (Å²) in [5, 5.41) is 9.11. The van der Waals surface area contributed by atoms with Crippen molar-refractivity contribution < 1.29 is 14.7 Å². The number of hydrogen-bond donors (Lipinski definition) is 1. The molecule has 2 saturated heterocycles. The third-order valence-electron chi connectivity index (χ3n) is 5.11. The van der Waals surface area contributed by atoms with Gasteiger partial charge in [0.2, 0.25) is 11.8 Å². The highest BCUT2D eigenvalue weighted by Crippen LogP contribution is 2.40. The SMILES string of the molecule is O=C(Cn1ccccc1=O)N1CC[C@]2(CCCN(CCO)C2=O)C1. The summed E-state index contributed by atoms with van der Waals surface area (Å²) < 4.78 is 1.38. The number of β-amino-alcohol motifs (C(OH)–C–C–N with tert-alkyl or cyclic N) is 1. The van der Waals surface area contributed by atoms with Gasteiger partial charge in [-0.25, -0.2) is 0 Å². The number of piperidine rings is 1. The number of aliphatic hydroxyl groups excluding tert-OH is 1. The van der Waals surface area contributed by atoms with E-state index in [0.29, 0.717) is 32.6 Å². The molecule has 0 unspecified atom stereocenters. The first-order chi connectivity index (χ1) is 11.6. The number of carbonyl (C=O) groups excluding carboxylic acids is 2. The lowest BCUT2D eigenvalue weighted by molar-refractivity contribution is -0.146. The molecule has 0 bridgehead atoms. The Morgan fingerprint density at radius 2 is 2.04 bits per heavy atom. The van der Waals surface area contributed by atoms with Crippen molar-refractivity contribution >= 4 is 11.8 Å². The van der Waals surface area contributed by atoms with E-state index in [1.165, 1.54) is 10.6 Å². The predicted octanol–water partition coefficient (Wildman–Crippen LogP) is -0.318. The molecule has 7 nitrogen and oxygen atoms in total. The molecule has 0 saturated carbocycles. The number of carbonyl (C=O) groups is 2. The summed E-state index contributed by atoms with van der Waals surface area (Å²) in [5.74, 6) is -0.0813. The van der Waals surface area contributed by atoms with Gasteiger partial charge in [-0.3, -0.25) is 14.4 Å². The predicted molar refractivity (Wildman–Crippen MR) is 87.2 cm³/mol. The Hall–Kier alpha value is -2.15. The Labute approximate surface area is 140 Å². The highest BCUT2D eigenvalue weighted by molar-refractivity contribution is 5.86. The van der Waals surface area contributed by atoms with Gasteiger partial charge in [0.15, 0.2) is 0 Å². The van der Waals surface area contributed by atoms with Crippen molar-refractivity contribution in [2.45, 2.75) is 25.8 Å². The maximum atomic E-state index is 12.7. The molecule has 1 spiro atoms. The number of nitrogens with zero attached hydrogens (tertiary/aromatic N) is 3. The molecule has 7 heteroatoms. The standard InChI is InChI=1S/C17H23N3O4/c21-11-10-18-8-3-5-17(16(18)24)6-9-20(13-17)15(23)12-19-7-2-1-4-14(19)22/h1-2,4,7,21H,3,5-6,8-13H2/t17-/m1/s1. The molecular formula is C17H23N3O4. The van der Waals surface area contributed by atoms with Gasteiger partial charge >= 0.3 is 0 Å². The van der Waals surface area contributed by atoms with Gasteiger partial charge in [0, 0.05) is 38.4 Å². The highest BCUT2D eigenvalue weighted by Gasteiger charge is 2.49. The molecular weight excluding hydrogens is 310 g/mol. The average Bonchev–Trinajstić information content (AvgIpc) is 3.00. The molecule has 2 aliphatic heterocycles. The third kappa shape index (κ3) is 3.08. The van der Waals surface area contributed by atoms with Crippen LogP contribution in [0, 0.1) is 5.41 Å². The smallest absolute Gasteiger partial charge is 0.250 e. The minimum atomic E-state index is -0.509. The molecule has 1 aromatic rings. The van der Waals surface area contributed by atoms with Crippen LogP contribution < -0.4 is 5.56 Å². The summed E-state index contributed by atoms with van der Waals surface area (Å²) in [5.41, 5.74) is -0.715. The van der Waals surface area contributed by atoms with Crippen molar-refractivity contribution in [3.8, 4) is 0 Å². The van der Waals surface area contributed by atoms with Crippen molar-refractivity contribution in [2.75, 3.05) is 32.8 Å². The summed E-state index contributed by atoms with van der Waals surface area (Å²) >= 11 is 0. The molecule has 24 heavy (non-hydrogen) atoms. The first kappa shape index (κ1) is 16.7. The largest absolute Gasteiger partial charge is 0.395 e. The molecule has 0 aromatic carbocycles. The number of pyridine rings is 1. The van der Waals surface area contributed by atoms with Crippen LogP contribution in [-0.2, 0) is 16.1 Å². The summed E-state index contributed by atoms with van der Waals surface area (Å²) in [6.45, 7) is 1.95. The van der Waals surface area contributed by atoms with E-state index in [4.69, 9.17) is 5.11 Å². The molecule has 1 atom stereocenters. The number of amides is 2. The van der Waals surface area contributed by atoms with Gasteiger partial charge in [0.25, 0.3) is 5.56 Å². The van der Waals surface area contributed by atoms with Gasteiger partial charge in [0.1, 0.15) is 6.54 Å². The average molecular weight is 333 g/mol. The van der Waals surface area contributed by atoms with Crippen LogP contribution in [0.5, 0.6) is 0 Å².